The molecule has 3 rings (SSSR count). The topological polar surface area (TPSA) is 64.6 Å². The molecule has 0 bridgehead atoms. The van der Waals surface area contributed by atoms with Crippen LogP contribution in [0.1, 0.15) is 18.0 Å². The summed E-state index contributed by atoms with van der Waals surface area (Å²) in [7, 11) is 1.30. The van der Waals surface area contributed by atoms with Crippen molar-refractivity contribution >= 4 is 11.9 Å². The summed E-state index contributed by atoms with van der Waals surface area (Å²) in [5, 5.41) is 2.72. The molecule has 1 N–H and O–H groups in total. The van der Waals surface area contributed by atoms with E-state index in [9.17, 15) is 9.59 Å². The van der Waals surface area contributed by atoms with Gasteiger partial charge in [0.2, 0.25) is 5.91 Å². The lowest BCUT2D eigenvalue weighted by Crippen LogP contribution is -2.35. The molecule has 3 aromatic rings. The number of hydrogen-bond donors (Lipinski definition) is 1. The van der Waals surface area contributed by atoms with Crippen LogP contribution in [0.2, 0.25) is 0 Å². The van der Waals surface area contributed by atoms with Crippen LogP contribution in [-0.2, 0) is 14.3 Å². The molecule has 0 heterocycles. The highest BCUT2D eigenvalue weighted by atomic mass is 16.5. The molecule has 0 aliphatic carbocycles. The van der Waals surface area contributed by atoms with Crippen LogP contribution >= 0.6 is 0 Å². The number of para-hydroxylation sites is 1. The second kappa shape index (κ2) is 10.1. The number of hydrogen-bond acceptors (Lipinski definition) is 4. The predicted molar refractivity (Wildman–Crippen MR) is 111 cm³/mol. The van der Waals surface area contributed by atoms with E-state index in [0.717, 1.165) is 11.1 Å². The maximum atomic E-state index is 12.4. The number of methoxy groups -OCH3 is 1. The van der Waals surface area contributed by atoms with Gasteiger partial charge >= 0.3 is 5.97 Å². The van der Waals surface area contributed by atoms with Crippen molar-refractivity contribution in [2.24, 2.45) is 0 Å². The molecule has 0 fully saturated rings. The number of benzene rings is 3. The second-order valence-corrected chi connectivity index (χ2v) is 6.40. The van der Waals surface area contributed by atoms with Crippen molar-refractivity contribution < 1.29 is 19.1 Å². The Morgan fingerprint density at radius 1 is 0.862 bits per heavy atom. The minimum absolute atomic E-state index is 0.115. The van der Waals surface area contributed by atoms with Gasteiger partial charge in [0.25, 0.3) is 0 Å². The van der Waals surface area contributed by atoms with Crippen LogP contribution in [0.25, 0.3) is 11.1 Å². The normalized spacial score (nSPS) is 11.3. The number of carbonyl (C=O) groups excluding carboxylic acids is 2. The number of carbonyl (C=O) groups is 2. The molecule has 29 heavy (non-hydrogen) atoms. The molecule has 0 saturated carbocycles. The van der Waals surface area contributed by atoms with E-state index >= 15 is 0 Å². The second-order valence-electron chi connectivity index (χ2n) is 6.40. The third-order valence-electron chi connectivity index (χ3n) is 4.43. The summed E-state index contributed by atoms with van der Waals surface area (Å²) in [6.45, 7) is 0.193. The highest BCUT2D eigenvalue weighted by molar-refractivity contribution is 5.85. The van der Waals surface area contributed by atoms with Crippen molar-refractivity contribution in [1.29, 1.82) is 0 Å². The first kappa shape index (κ1) is 20.1. The summed E-state index contributed by atoms with van der Waals surface area (Å²) < 4.78 is 10.7. The minimum Gasteiger partial charge on any atom is -0.492 e. The number of esters is 1. The minimum atomic E-state index is -0.842. The Bertz CT molecular complexity index is 941. The molecule has 0 saturated heterocycles. The van der Waals surface area contributed by atoms with Gasteiger partial charge in [-0.15, -0.1) is 0 Å². The van der Waals surface area contributed by atoms with Gasteiger partial charge in [0.1, 0.15) is 5.75 Å². The first-order chi connectivity index (χ1) is 14.2. The molecule has 0 aliphatic heterocycles. The Kier molecular flexibility index (Phi) is 7.00. The number of amides is 1. The monoisotopic (exact) mass is 389 g/mol. The van der Waals surface area contributed by atoms with Crippen LogP contribution in [-0.4, -0.2) is 25.6 Å². The Labute approximate surface area is 170 Å². The van der Waals surface area contributed by atoms with E-state index in [-0.39, 0.29) is 18.9 Å². The molecule has 0 radical (unpaired) electrons. The van der Waals surface area contributed by atoms with Gasteiger partial charge in [-0.3, -0.25) is 4.79 Å². The maximum Gasteiger partial charge on any atom is 0.333 e. The fraction of sp³-hybridized carbons (Fsp3) is 0.167. The lowest BCUT2D eigenvalue weighted by Gasteiger charge is -2.17. The van der Waals surface area contributed by atoms with E-state index in [0.29, 0.717) is 11.3 Å². The molecule has 0 aromatic heterocycles. The van der Waals surface area contributed by atoms with Crippen LogP contribution in [0.15, 0.2) is 84.9 Å². The molecular weight excluding hydrogens is 366 g/mol. The van der Waals surface area contributed by atoms with Crippen LogP contribution in [0.4, 0.5) is 0 Å². The molecular formula is C24H23NO4. The summed E-state index contributed by atoms with van der Waals surface area (Å²) in [4.78, 5) is 24.5. The van der Waals surface area contributed by atoms with Gasteiger partial charge in [-0.05, 0) is 17.2 Å². The van der Waals surface area contributed by atoms with Crippen LogP contribution in [0, 0.1) is 0 Å². The summed E-state index contributed by atoms with van der Waals surface area (Å²) in [5.41, 5.74) is 2.68. The van der Waals surface area contributed by atoms with E-state index in [1.807, 2.05) is 60.7 Å². The van der Waals surface area contributed by atoms with E-state index in [2.05, 4.69) is 5.32 Å². The molecule has 0 spiro atoms. The smallest absolute Gasteiger partial charge is 0.333 e. The summed E-state index contributed by atoms with van der Waals surface area (Å²) in [6, 6.07) is 25.8. The number of rotatable bonds is 8. The Hall–Kier alpha value is -3.60. The quantitative estimate of drug-likeness (QED) is 0.588. The largest absolute Gasteiger partial charge is 0.492 e. The molecule has 148 valence electrons. The highest BCUT2D eigenvalue weighted by Crippen LogP contribution is 2.29. The molecule has 5 nitrogen and oxygen atoms in total. The zero-order valence-electron chi connectivity index (χ0n) is 16.2. The summed E-state index contributed by atoms with van der Waals surface area (Å²) in [5.74, 6) is -0.0968. The lowest BCUT2D eigenvalue weighted by molar-refractivity contribution is -0.145. The Morgan fingerprint density at radius 3 is 2.17 bits per heavy atom. The van der Waals surface area contributed by atoms with Crippen molar-refractivity contribution in [2.45, 2.75) is 12.5 Å². The molecule has 1 unspecified atom stereocenters. The van der Waals surface area contributed by atoms with Gasteiger partial charge in [0.05, 0.1) is 20.1 Å². The SMILES string of the molecule is COC(=O)C(NC(=O)CCOc1ccccc1-c1ccccc1)c1ccccc1. The lowest BCUT2D eigenvalue weighted by atomic mass is 10.1. The third kappa shape index (κ3) is 5.45. The van der Waals surface area contributed by atoms with Crippen molar-refractivity contribution in [1.82, 2.24) is 5.32 Å². The average Bonchev–Trinajstić information content (AvgIpc) is 2.78. The maximum absolute atomic E-state index is 12.4. The van der Waals surface area contributed by atoms with Gasteiger partial charge in [0.15, 0.2) is 6.04 Å². The van der Waals surface area contributed by atoms with E-state index in [1.165, 1.54) is 7.11 Å². The van der Waals surface area contributed by atoms with Crippen molar-refractivity contribution in [3.05, 3.63) is 90.5 Å². The van der Waals surface area contributed by atoms with Crippen LogP contribution in [0.3, 0.4) is 0 Å². The zero-order valence-corrected chi connectivity index (χ0v) is 16.2. The molecule has 0 aliphatic rings. The van der Waals surface area contributed by atoms with E-state index in [1.54, 1.807) is 24.3 Å². The van der Waals surface area contributed by atoms with Crippen molar-refractivity contribution in [3.63, 3.8) is 0 Å². The Morgan fingerprint density at radius 2 is 1.48 bits per heavy atom. The number of ether oxygens (including phenoxy) is 2. The molecule has 1 atom stereocenters. The fourth-order valence-corrected chi connectivity index (χ4v) is 2.98. The third-order valence-corrected chi connectivity index (χ3v) is 4.43. The number of nitrogens with one attached hydrogen (secondary N) is 1. The molecule has 1 amide bonds. The van der Waals surface area contributed by atoms with E-state index < -0.39 is 12.0 Å². The van der Waals surface area contributed by atoms with E-state index in [4.69, 9.17) is 9.47 Å². The summed E-state index contributed by atoms with van der Waals surface area (Å²) in [6.07, 6.45) is 0.115. The predicted octanol–water partition coefficient (Wildman–Crippen LogP) is 4.15. The van der Waals surface area contributed by atoms with Crippen LogP contribution in [0.5, 0.6) is 5.75 Å². The van der Waals surface area contributed by atoms with Gasteiger partial charge in [0, 0.05) is 5.56 Å². The highest BCUT2D eigenvalue weighted by Gasteiger charge is 2.23. The molecule has 3 aromatic carbocycles. The van der Waals surface area contributed by atoms with Gasteiger partial charge in [-0.25, -0.2) is 4.79 Å². The van der Waals surface area contributed by atoms with Crippen LogP contribution < -0.4 is 10.1 Å². The summed E-state index contributed by atoms with van der Waals surface area (Å²) >= 11 is 0. The Balaban J connectivity index is 1.61. The molecule has 5 heteroatoms. The first-order valence-corrected chi connectivity index (χ1v) is 9.38. The van der Waals surface area contributed by atoms with Gasteiger partial charge in [-0.2, -0.15) is 0 Å². The van der Waals surface area contributed by atoms with Gasteiger partial charge < -0.3 is 14.8 Å². The first-order valence-electron chi connectivity index (χ1n) is 9.38. The average molecular weight is 389 g/mol. The van der Waals surface area contributed by atoms with Crippen molar-refractivity contribution in [3.8, 4) is 16.9 Å². The standard InChI is InChI=1S/C24H23NO4/c1-28-24(27)23(19-12-6-3-7-13-19)25-22(26)16-17-29-21-15-9-8-14-20(21)18-10-4-2-5-11-18/h2-15,23H,16-17H2,1H3,(H,25,26). The fourth-order valence-electron chi connectivity index (χ4n) is 2.98. The zero-order chi connectivity index (χ0) is 20.5. The van der Waals surface area contributed by atoms with Gasteiger partial charge in [-0.1, -0.05) is 78.9 Å². The van der Waals surface area contributed by atoms with Crippen molar-refractivity contribution in [2.75, 3.05) is 13.7 Å².